The maximum atomic E-state index is 13.2. The van der Waals surface area contributed by atoms with Gasteiger partial charge >= 0.3 is 0 Å². The summed E-state index contributed by atoms with van der Waals surface area (Å²) in [7, 11) is 1.76. The van der Waals surface area contributed by atoms with E-state index >= 15 is 0 Å². The zero-order valence-electron chi connectivity index (χ0n) is 16.6. The van der Waals surface area contributed by atoms with Gasteiger partial charge in [-0.1, -0.05) is 13.0 Å². The van der Waals surface area contributed by atoms with Crippen molar-refractivity contribution in [2.45, 2.75) is 20.0 Å². The molecule has 8 heteroatoms. The molecule has 1 heterocycles. The van der Waals surface area contributed by atoms with E-state index in [-0.39, 0.29) is 35.9 Å². The molecule has 6 nitrogen and oxygen atoms in total. The molecule has 154 valence electrons. The van der Waals surface area contributed by atoms with Crippen molar-refractivity contribution < 1.29 is 9.13 Å². The first-order valence-electron chi connectivity index (χ1n) is 9.42. The molecule has 1 aliphatic heterocycles. The molecular formula is C19H33FIN5O. The van der Waals surface area contributed by atoms with E-state index in [4.69, 9.17) is 4.74 Å². The average Bonchev–Trinajstić information content (AvgIpc) is 2.65. The van der Waals surface area contributed by atoms with Crippen LogP contribution in [-0.4, -0.2) is 81.3 Å². The molecule has 0 aromatic heterocycles. The van der Waals surface area contributed by atoms with E-state index in [1.165, 1.54) is 12.1 Å². The molecular weight excluding hydrogens is 460 g/mol. The van der Waals surface area contributed by atoms with E-state index in [2.05, 4.69) is 32.3 Å². The predicted octanol–water partition coefficient (Wildman–Crippen LogP) is 2.01. The SMILES string of the molecule is CCN1CCN(CCNC(=NC)NCC(C)Oc2cccc(F)c2)CC1.I. The Bertz CT molecular complexity index is 567. The maximum Gasteiger partial charge on any atom is 0.191 e. The lowest BCUT2D eigenvalue weighted by molar-refractivity contribution is 0.139. The van der Waals surface area contributed by atoms with Gasteiger partial charge < -0.3 is 20.3 Å². The van der Waals surface area contributed by atoms with E-state index < -0.39 is 0 Å². The van der Waals surface area contributed by atoms with Crippen molar-refractivity contribution in [3.63, 3.8) is 0 Å². The third-order valence-corrected chi connectivity index (χ3v) is 4.55. The van der Waals surface area contributed by atoms with Crippen LogP contribution >= 0.6 is 24.0 Å². The highest BCUT2D eigenvalue weighted by Gasteiger charge is 2.14. The molecule has 1 fully saturated rings. The summed E-state index contributed by atoms with van der Waals surface area (Å²) in [6.45, 7) is 12.3. The fraction of sp³-hybridized carbons (Fsp3) is 0.632. The van der Waals surface area contributed by atoms with Crippen molar-refractivity contribution >= 4 is 29.9 Å². The van der Waals surface area contributed by atoms with Gasteiger partial charge in [0, 0.05) is 52.4 Å². The average molecular weight is 493 g/mol. The van der Waals surface area contributed by atoms with Crippen molar-refractivity contribution in [1.82, 2.24) is 20.4 Å². The van der Waals surface area contributed by atoms with Gasteiger partial charge in [0.15, 0.2) is 5.96 Å². The monoisotopic (exact) mass is 493 g/mol. The molecule has 2 rings (SSSR count). The van der Waals surface area contributed by atoms with E-state index in [0.29, 0.717) is 12.3 Å². The number of hydrogen-bond donors (Lipinski definition) is 2. The van der Waals surface area contributed by atoms with Gasteiger partial charge in [0.25, 0.3) is 0 Å². The molecule has 0 aliphatic carbocycles. The second-order valence-corrected chi connectivity index (χ2v) is 6.54. The van der Waals surface area contributed by atoms with Crippen LogP contribution in [0.4, 0.5) is 4.39 Å². The summed E-state index contributed by atoms with van der Waals surface area (Å²) in [5.74, 6) is 1.00. The fourth-order valence-electron chi connectivity index (χ4n) is 2.94. The first-order valence-corrected chi connectivity index (χ1v) is 9.42. The summed E-state index contributed by atoms with van der Waals surface area (Å²) in [4.78, 5) is 9.19. The zero-order chi connectivity index (χ0) is 18.8. The smallest absolute Gasteiger partial charge is 0.191 e. The van der Waals surface area contributed by atoms with Crippen LogP contribution in [0.5, 0.6) is 5.75 Å². The number of nitrogens with one attached hydrogen (secondary N) is 2. The number of aliphatic imine (C=N–C) groups is 1. The van der Waals surface area contributed by atoms with E-state index in [1.807, 2.05) is 6.92 Å². The number of guanidine groups is 1. The molecule has 1 aromatic rings. The van der Waals surface area contributed by atoms with Crippen LogP contribution < -0.4 is 15.4 Å². The molecule has 1 aromatic carbocycles. The van der Waals surface area contributed by atoms with Crippen LogP contribution in [0.1, 0.15) is 13.8 Å². The Balaban J connectivity index is 0.00000364. The van der Waals surface area contributed by atoms with E-state index in [9.17, 15) is 4.39 Å². The van der Waals surface area contributed by atoms with Gasteiger partial charge in [0.1, 0.15) is 17.7 Å². The number of hydrogen-bond acceptors (Lipinski definition) is 4. The Kier molecular flexibility index (Phi) is 11.6. The first kappa shape index (κ1) is 23.9. The lowest BCUT2D eigenvalue weighted by Gasteiger charge is -2.34. The minimum atomic E-state index is -0.292. The molecule has 1 atom stereocenters. The summed E-state index contributed by atoms with van der Waals surface area (Å²) in [6, 6.07) is 6.20. The van der Waals surface area contributed by atoms with Gasteiger partial charge in [0.2, 0.25) is 0 Å². The maximum absolute atomic E-state index is 13.2. The van der Waals surface area contributed by atoms with Crippen LogP contribution in [0, 0.1) is 5.82 Å². The Morgan fingerprint density at radius 2 is 1.93 bits per heavy atom. The van der Waals surface area contributed by atoms with Crippen LogP contribution in [0.3, 0.4) is 0 Å². The highest BCUT2D eigenvalue weighted by atomic mass is 127. The Hall–Kier alpha value is -1.13. The van der Waals surface area contributed by atoms with Gasteiger partial charge in [-0.2, -0.15) is 0 Å². The van der Waals surface area contributed by atoms with Gasteiger partial charge in [-0.05, 0) is 25.6 Å². The van der Waals surface area contributed by atoms with Crippen LogP contribution in [-0.2, 0) is 0 Å². The van der Waals surface area contributed by atoms with Crippen LogP contribution in [0.25, 0.3) is 0 Å². The summed E-state index contributed by atoms with van der Waals surface area (Å²) in [5.41, 5.74) is 0. The van der Waals surface area contributed by atoms with Gasteiger partial charge in [-0.3, -0.25) is 9.89 Å². The summed E-state index contributed by atoms with van der Waals surface area (Å²) < 4.78 is 18.9. The molecule has 2 N–H and O–H groups in total. The minimum Gasteiger partial charge on any atom is -0.489 e. The van der Waals surface area contributed by atoms with Crippen molar-refractivity contribution in [1.29, 1.82) is 0 Å². The second kappa shape index (κ2) is 13.1. The highest BCUT2D eigenvalue weighted by Crippen LogP contribution is 2.13. The van der Waals surface area contributed by atoms with Crippen LogP contribution in [0.2, 0.25) is 0 Å². The Morgan fingerprint density at radius 1 is 1.22 bits per heavy atom. The molecule has 0 amide bonds. The Morgan fingerprint density at radius 3 is 2.56 bits per heavy atom. The molecule has 0 bridgehead atoms. The first-order chi connectivity index (χ1) is 12.6. The number of ether oxygens (including phenoxy) is 1. The van der Waals surface area contributed by atoms with Crippen LogP contribution in [0.15, 0.2) is 29.3 Å². The molecule has 1 saturated heterocycles. The molecule has 1 aliphatic rings. The molecule has 0 radical (unpaired) electrons. The number of rotatable bonds is 8. The van der Waals surface area contributed by atoms with Crippen molar-refractivity contribution in [3.05, 3.63) is 30.1 Å². The number of likely N-dealkylation sites (N-methyl/N-ethyl adjacent to an activating group) is 1. The van der Waals surface area contributed by atoms with E-state index in [0.717, 1.165) is 51.8 Å². The third kappa shape index (κ3) is 9.07. The van der Waals surface area contributed by atoms with E-state index in [1.54, 1.807) is 19.2 Å². The quantitative estimate of drug-likeness (QED) is 0.330. The largest absolute Gasteiger partial charge is 0.489 e. The minimum absolute atomic E-state index is 0. The Labute approximate surface area is 179 Å². The van der Waals surface area contributed by atoms with Gasteiger partial charge in [0.05, 0.1) is 6.54 Å². The summed E-state index contributed by atoms with van der Waals surface area (Å²) in [6.07, 6.45) is -0.0996. The van der Waals surface area contributed by atoms with Crippen molar-refractivity contribution in [2.75, 3.05) is 59.4 Å². The predicted molar refractivity (Wildman–Crippen MR) is 120 cm³/mol. The fourth-order valence-corrected chi connectivity index (χ4v) is 2.94. The number of halogens is 2. The zero-order valence-corrected chi connectivity index (χ0v) is 18.9. The van der Waals surface area contributed by atoms with Gasteiger partial charge in [-0.25, -0.2) is 4.39 Å². The van der Waals surface area contributed by atoms with Crippen molar-refractivity contribution in [3.8, 4) is 5.75 Å². The lowest BCUT2D eigenvalue weighted by Crippen LogP contribution is -2.49. The third-order valence-electron chi connectivity index (χ3n) is 4.55. The normalized spacial score (nSPS) is 17.1. The van der Waals surface area contributed by atoms with Crippen molar-refractivity contribution in [2.24, 2.45) is 4.99 Å². The molecule has 0 spiro atoms. The summed E-state index contributed by atoms with van der Waals surface area (Å²) in [5, 5.41) is 6.59. The number of piperazine rings is 1. The summed E-state index contributed by atoms with van der Waals surface area (Å²) >= 11 is 0. The molecule has 27 heavy (non-hydrogen) atoms. The second-order valence-electron chi connectivity index (χ2n) is 6.54. The molecule has 1 unspecified atom stereocenters. The molecule has 0 saturated carbocycles. The standard InChI is InChI=1S/C19H32FN5O.HI/c1-4-24-10-12-25(13-11-24)9-8-22-19(21-3)23-15-16(2)26-18-7-5-6-17(20)14-18;/h5-7,14,16H,4,8-13,15H2,1-3H3,(H2,21,22,23);1H. The number of benzene rings is 1. The topological polar surface area (TPSA) is 52.1 Å². The van der Waals surface area contributed by atoms with Gasteiger partial charge in [-0.15, -0.1) is 24.0 Å². The lowest BCUT2D eigenvalue weighted by atomic mass is 10.3. The highest BCUT2D eigenvalue weighted by molar-refractivity contribution is 14.0. The number of nitrogens with zero attached hydrogens (tertiary/aromatic N) is 3.